The molecule has 2 atom stereocenters. The van der Waals surface area contributed by atoms with Crippen molar-refractivity contribution in [3.8, 4) is 5.75 Å². The van der Waals surface area contributed by atoms with Crippen molar-refractivity contribution in [2.24, 2.45) is 0 Å². The number of benzene rings is 1. The number of methoxy groups -OCH3 is 1. The van der Waals surface area contributed by atoms with Gasteiger partial charge in [0.15, 0.2) is 0 Å². The predicted molar refractivity (Wildman–Crippen MR) is 77.8 cm³/mol. The topological polar surface area (TPSA) is 41.6 Å². The van der Waals surface area contributed by atoms with E-state index in [1.165, 1.54) is 0 Å². The van der Waals surface area contributed by atoms with Crippen LogP contribution in [0.3, 0.4) is 0 Å². The predicted octanol–water partition coefficient (Wildman–Crippen LogP) is 1.59. The SMILES string of the molecule is COc1cccc(CC(=O)N2C3CCNCC2CC3)c1. The van der Waals surface area contributed by atoms with Gasteiger partial charge in [-0.2, -0.15) is 0 Å². The minimum atomic E-state index is 0.259. The average Bonchev–Trinajstić information content (AvgIpc) is 2.72. The third kappa shape index (κ3) is 2.66. The molecule has 0 aliphatic carbocycles. The highest BCUT2D eigenvalue weighted by Crippen LogP contribution is 2.28. The smallest absolute Gasteiger partial charge is 0.227 e. The van der Waals surface area contributed by atoms with Crippen LogP contribution in [0.4, 0.5) is 0 Å². The molecule has 0 radical (unpaired) electrons. The van der Waals surface area contributed by atoms with E-state index in [1.54, 1.807) is 7.11 Å². The first-order valence-electron chi connectivity index (χ1n) is 7.43. The molecule has 108 valence electrons. The number of rotatable bonds is 3. The number of hydrogen-bond donors (Lipinski definition) is 1. The Hall–Kier alpha value is -1.55. The lowest BCUT2D eigenvalue weighted by Crippen LogP contribution is -2.43. The molecule has 2 fully saturated rings. The van der Waals surface area contributed by atoms with Gasteiger partial charge < -0.3 is 15.0 Å². The maximum absolute atomic E-state index is 12.6. The Labute approximate surface area is 120 Å². The highest BCUT2D eigenvalue weighted by Gasteiger charge is 2.37. The molecule has 0 spiro atoms. The number of nitrogens with zero attached hydrogens (tertiary/aromatic N) is 1. The Morgan fingerprint density at radius 1 is 1.35 bits per heavy atom. The summed E-state index contributed by atoms with van der Waals surface area (Å²) in [7, 11) is 1.65. The van der Waals surface area contributed by atoms with Gasteiger partial charge in [-0.25, -0.2) is 0 Å². The average molecular weight is 274 g/mol. The summed E-state index contributed by atoms with van der Waals surface area (Å²) in [6.45, 7) is 1.98. The Kier molecular flexibility index (Phi) is 3.92. The van der Waals surface area contributed by atoms with Gasteiger partial charge in [0.1, 0.15) is 5.75 Å². The van der Waals surface area contributed by atoms with E-state index in [-0.39, 0.29) is 5.91 Å². The lowest BCUT2D eigenvalue weighted by atomic mass is 10.1. The summed E-state index contributed by atoms with van der Waals surface area (Å²) < 4.78 is 5.22. The fourth-order valence-electron chi connectivity index (χ4n) is 3.44. The molecular formula is C16H22N2O2. The molecule has 1 aromatic rings. The molecule has 1 amide bonds. The molecule has 4 nitrogen and oxygen atoms in total. The summed E-state index contributed by atoms with van der Waals surface area (Å²) >= 11 is 0. The van der Waals surface area contributed by atoms with Gasteiger partial charge in [0.25, 0.3) is 0 Å². The minimum Gasteiger partial charge on any atom is -0.497 e. The monoisotopic (exact) mass is 274 g/mol. The molecule has 2 aliphatic heterocycles. The van der Waals surface area contributed by atoms with E-state index < -0.39 is 0 Å². The van der Waals surface area contributed by atoms with E-state index in [4.69, 9.17) is 4.74 Å². The summed E-state index contributed by atoms with van der Waals surface area (Å²) in [5.74, 6) is 1.07. The zero-order chi connectivity index (χ0) is 13.9. The third-order valence-electron chi connectivity index (χ3n) is 4.43. The van der Waals surface area contributed by atoms with E-state index in [0.717, 1.165) is 43.7 Å². The van der Waals surface area contributed by atoms with Crippen LogP contribution in [0, 0.1) is 0 Å². The molecule has 3 rings (SSSR count). The largest absolute Gasteiger partial charge is 0.497 e. The number of carbonyl (C=O) groups excluding carboxylic acids is 1. The molecule has 1 aromatic carbocycles. The third-order valence-corrected chi connectivity index (χ3v) is 4.43. The van der Waals surface area contributed by atoms with Crippen LogP contribution in [0.2, 0.25) is 0 Å². The normalized spacial score (nSPS) is 25.4. The number of carbonyl (C=O) groups is 1. The summed E-state index contributed by atoms with van der Waals surface area (Å²) in [4.78, 5) is 14.8. The number of ether oxygens (including phenoxy) is 1. The van der Waals surface area contributed by atoms with Crippen LogP contribution < -0.4 is 10.1 Å². The van der Waals surface area contributed by atoms with Crippen molar-refractivity contribution in [1.82, 2.24) is 10.2 Å². The van der Waals surface area contributed by atoms with Crippen LogP contribution in [-0.2, 0) is 11.2 Å². The summed E-state index contributed by atoms with van der Waals surface area (Å²) in [5, 5.41) is 3.43. The maximum Gasteiger partial charge on any atom is 0.227 e. The molecule has 2 saturated heterocycles. The minimum absolute atomic E-state index is 0.259. The Balaban J connectivity index is 1.72. The molecule has 2 heterocycles. The molecule has 0 aromatic heterocycles. The Morgan fingerprint density at radius 2 is 2.20 bits per heavy atom. The Morgan fingerprint density at radius 3 is 3.05 bits per heavy atom. The molecule has 1 N–H and O–H groups in total. The van der Waals surface area contributed by atoms with Gasteiger partial charge in [0, 0.05) is 18.6 Å². The van der Waals surface area contributed by atoms with Crippen molar-refractivity contribution in [2.45, 2.75) is 37.8 Å². The molecule has 2 aliphatic rings. The van der Waals surface area contributed by atoms with Gasteiger partial charge in [-0.05, 0) is 43.5 Å². The standard InChI is InChI=1S/C16H22N2O2/c1-20-15-4-2-3-12(9-15)10-16(19)18-13-5-6-14(18)11-17-8-7-13/h2-4,9,13-14,17H,5-8,10-11H2,1H3. The zero-order valence-corrected chi connectivity index (χ0v) is 12.0. The fourth-order valence-corrected chi connectivity index (χ4v) is 3.44. The Bertz CT molecular complexity index is 475. The first-order chi connectivity index (χ1) is 9.78. The second-order valence-electron chi connectivity index (χ2n) is 5.71. The second kappa shape index (κ2) is 5.83. The van der Waals surface area contributed by atoms with Crippen LogP contribution in [0.25, 0.3) is 0 Å². The van der Waals surface area contributed by atoms with Gasteiger partial charge in [0.2, 0.25) is 5.91 Å². The molecule has 4 heteroatoms. The van der Waals surface area contributed by atoms with Crippen LogP contribution in [0.5, 0.6) is 5.75 Å². The van der Waals surface area contributed by atoms with E-state index in [0.29, 0.717) is 18.5 Å². The molecular weight excluding hydrogens is 252 g/mol. The number of hydrogen-bond acceptors (Lipinski definition) is 3. The van der Waals surface area contributed by atoms with Gasteiger partial charge in [-0.15, -0.1) is 0 Å². The second-order valence-corrected chi connectivity index (χ2v) is 5.71. The van der Waals surface area contributed by atoms with Crippen LogP contribution in [0.15, 0.2) is 24.3 Å². The maximum atomic E-state index is 12.6. The van der Waals surface area contributed by atoms with Crippen molar-refractivity contribution in [1.29, 1.82) is 0 Å². The lowest BCUT2D eigenvalue weighted by molar-refractivity contribution is -0.133. The van der Waals surface area contributed by atoms with Crippen molar-refractivity contribution in [3.63, 3.8) is 0 Å². The molecule has 20 heavy (non-hydrogen) atoms. The summed E-state index contributed by atoms with van der Waals surface area (Å²) in [6.07, 6.45) is 3.86. The highest BCUT2D eigenvalue weighted by atomic mass is 16.5. The van der Waals surface area contributed by atoms with Gasteiger partial charge in [-0.1, -0.05) is 12.1 Å². The first-order valence-corrected chi connectivity index (χ1v) is 7.43. The van der Waals surface area contributed by atoms with Crippen molar-refractivity contribution in [3.05, 3.63) is 29.8 Å². The summed E-state index contributed by atoms with van der Waals surface area (Å²) in [6, 6.07) is 8.63. The van der Waals surface area contributed by atoms with Crippen LogP contribution in [0.1, 0.15) is 24.8 Å². The van der Waals surface area contributed by atoms with Gasteiger partial charge >= 0.3 is 0 Å². The van der Waals surface area contributed by atoms with E-state index in [1.807, 2.05) is 24.3 Å². The molecule has 0 saturated carbocycles. The van der Waals surface area contributed by atoms with Gasteiger partial charge in [-0.3, -0.25) is 4.79 Å². The van der Waals surface area contributed by atoms with Crippen LogP contribution in [-0.4, -0.2) is 43.1 Å². The number of fused-ring (bicyclic) bond motifs is 2. The summed E-state index contributed by atoms with van der Waals surface area (Å²) in [5.41, 5.74) is 1.03. The first kappa shape index (κ1) is 13.4. The highest BCUT2D eigenvalue weighted by molar-refractivity contribution is 5.80. The molecule has 2 unspecified atom stereocenters. The van der Waals surface area contributed by atoms with E-state index in [2.05, 4.69) is 10.2 Å². The van der Waals surface area contributed by atoms with E-state index >= 15 is 0 Å². The quantitative estimate of drug-likeness (QED) is 0.910. The van der Waals surface area contributed by atoms with E-state index in [9.17, 15) is 4.79 Å². The zero-order valence-electron chi connectivity index (χ0n) is 12.0. The fraction of sp³-hybridized carbons (Fsp3) is 0.562. The van der Waals surface area contributed by atoms with Crippen molar-refractivity contribution in [2.75, 3.05) is 20.2 Å². The lowest BCUT2D eigenvalue weighted by Gasteiger charge is -2.28. The number of amides is 1. The van der Waals surface area contributed by atoms with Crippen molar-refractivity contribution >= 4 is 5.91 Å². The number of nitrogens with one attached hydrogen (secondary N) is 1. The van der Waals surface area contributed by atoms with Gasteiger partial charge in [0.05, 0.1) is 13.5 Å². The van der Waals surface area contributed by atoms with Crippen molar-refractivity contribution < 1.29 is 9.53 Å². The molecule has 2 bridgehead atoms. The van der Waals surface area contributed by atoms with Crippen LogP contribution >= 0.6 is 0 Å².